The molecule has 2 aromatic rings. The van der Waals surface area contributed by atoms with Gasteiger partial charge in [0.1, 0.15) is 5.82 Å². The number of nitrogens with one attached hydrogen (secondary N) is 1. The first-order chi connectivity index (χ1) is 9.06. The molecule has 0 aliphatic heterocycles. The van der Waals surface area contributed by atoms with E-state index in [-0.39, 0.29) is 11.5 Å². The van der Waals surface area contributed by atoms with Gasteiger partial charge in [0, 0.05) is 29.7 Å². The average molecular weight is 277 g/mol. The van der Waals surface area contributed by atoms with E-state index in [2.05, 4.69) is 22.2 Å². The Balaban J connectivity index is 2.05. The first-order valence-corrected chi connectivity index (χ1v) is 6.79. The van der Waals surface area contributed by atoms with Crippen LogP contribution in [0.2, 0.25) is 0 Å². The Bertz CT molecular complexity index is 569. The largest absolute Gasteiger partial charge is 0.478 e. The fourth-order valence-electron chi connectivity index (χ4n) is 1.71. The predicted molar refractivity (Wildman–Crippen MR) is 75.0 cm³/mol. The van der Waals surface area contributed by atoms with Gasteiger partial charge in [0.25, 0.3) is 0 Å². The number of anilines is 1. The van der Waals surface area contributed by atoms with E-state index in [1.165, 1.54) is 0 Å². The third-order valence-electron chi connectivity index (χ3n) is 2.66. The highest BCUT2D eigenvalue weighted by atomic mass is 32.1. The molecule has 5 nitrogen and oxygen atoms in total. The molecular weight excluding hydrogens is 262 g/mol. The second kappa shape index (κ2) is 5.79. The molecule has 1 atom stereocenters. The summed E-state index contributed by atoms with van der Waals surface area (Å²) in [4.78, 5) is 19.5. The summed E-state index contributed by atoms with van der Waals surface area (Å²) in [6, 6.07) is 3.10. The second-order valence-corrected chi connectivity index (χ2v) is 5.27. The average Bonchev–Trinajstić information content (AvgIpc) is 2.89. The smallest absolute Gasteiger partial charge is 0.335 e. The van der Waals surface area contributed by atoms with Crippen LogP contribution in [0.3, 0.4) is 0 Å². The number of hydrogen-bond donors (Lipinski definition) is 2. The normalized spacial score (nSPS) is 12.1. The summed E-state index contributed by atoms with van der Waals surface area (Å²) in [5, 5.41) is 15.2. The van der Waals surface area contributed by atoms with Crippen molar-refractivity contribution in [1.29, 1.82) is 0 Å². The molecule has 0 saturated heterocycles. The molecular formula is C13H15N3O2S. The SMILES string of the molecule is Cc1cc(C(=O)O)cc(NCC(C)c2nccs2)n1. The number of thiazole rings is 1. The zero-order chi connectivity index (χ0) is 13.8. The quantitative estimate of drug-likeness (QED) is 0.879. The number of rotatable bonds is 5. The zero-order valence-corrected chi connectivity index (χ0v) is 11.6. The van der Waals surface area contributed by atoms with Gasteiger partial charge >= 0.3 is 5.97 Å². The Morgan fingerprint density at radius 1 is 1.53 bits per heavy atom. The van der Waals surface area contributed by atoms with E-state index in [1.54, 1.807) is 36.6 Å². The van der Waals surface area contributed by atoms with Gasteiger partial charge in [-0.15, -0.1) is 11.3 Å². The summed E-state index contributed by atoms with van der Waals surface area (Å²) >= 11 is 1.61. The Hall–Kier alpha value is -1.95. The number of aryl methyl sites for hydroxylation is 1. The van der Waals surface area contributed by atoms with Gasteiger partial charge in [-0.2, -0.15) is 0 Å². The highest BCUT2D eigenvalue weighted by molar-refractivity contribution is 7.09. The Labute approximate surface area is 115 Å². The minimum atomic E-state index is -0.943. The molecule has 0 amide bonds. The third-order valence-corrected chi connectivity index (χ3v) is 3.67. The van der Waals surface area contributed by atoms with Gasteiger partial charge in [0.05, 0.1) is 10.6 Å². The summed E-state index contributed by atoms with van der Waals surface area (Å²) in [6.07, 6.45) is 1.78. The molecule has 0 fully saturated rings. The van der Waals surface area contributed by atoms with Crippen molar-refractivity contribution in [2.45, 2.75) is 19.8 Å². The van der Waals surface area contributed by atoms with E-state index < -0.39 is 5.97 Å². The first-order valence-electron chi connectivity index (χ1n) is 5.91. The van der Waals surface area contributed by atoms with Crippen LogP contribution in [0.5, 0.6) is 0 Å². The monoisotopic (exact) mass is 277 g/mol. The molecule has 2 aromatic heterocycles. The molecule has 0 aromatic carbocycles. The standard InChI is InChI=1S/C13H15N3O2S/c1-8(12-14-3-4-19-12)7-15-11-6-10(13(17)18)5-9(2)16-11/h3-6,8H,7H2,1-2H3,(H,15,16)(H,17,18). The van der Waals surface area contributed by atoms with Crippen LogP contribution in [-0.2, 0) is 0 Å². The van der Waals surface area contributed by atoms with Crippen LogP contribution >= 0.6 is 11.3 Å². The molecule has 2 rings (SSSR count). The van der Waals surface area contributed by atoms with Gasteiger partial charge in [0.2, 0.25) is 0 Å². The Kier molecular flexibility index (Phi) is 4.11. The summed E-state index contributed by atoms with van der Waals surface area (Å²) in [5.74, 6) is -0.0991. The summed E-state index contributed by atoms with van der Waals surface area (Å²) in [5.41, 5.74) is 0.932. The summed E-state index contributed by atoms with van der Waals surface area (Å²) in [6.45, 7) is 4.52. The molecule has 19 heavy (non-hydrogen) atoms. The number of pyridine rings is 1. The number of carboxylic acids is 1. The molecule has 0 aliphatic rings. The van der Waals surface area contributed by atoms with E-state index in [1.807, 2.05) is 5.38 Å². The van der Waals surface area contributed by atoms with E-state index >= 15 is 0 Å². The summed E-state index contributed by atoms with van der Waals surface area (Å²) in [7, 11) is 0. The lowest BCUT2D eigenvalue weighted by Gasteiger charge is -2.11. The molecule has 2 N–H and O–H groups in total. The lowest BCUT2D eigenvalue weighted by Crippen LogP contribution is -2.12. The Morgan fingerprint density at radius 3 is 2.95 bits per heavy atom. The maximum Gasteiger partial charge on any atom is 0.335 e. The van der Waals surface area contributed by atoms with Gasteiger partial charge in [-0.25, -0.2) is 14.8 Å². The molecule has 0 spiro atoms. The van der Waals surface area contributed by atoms with Crippen molar-refractivity contribution in [2.75, 3.05) is 11.9 Å². The van der Waals surface area contributed by atoms with Crippen molar-refractivity contribution in [1.82, 2.24) is 9.97 Å². The number of aromatic nitrogens is 2. The van der Waals surface area contributed by atoms with Gasteiger partial charge in [-0.1, -0.05) is 6.92 Å². The predicted octanol–water partition coefficient (Wildman–Crippen LogP) is 2.76. The van der Waals surface area contributed by atoms with E-state index in [0.29, 0.717) is 18.1 Å². The summed E-state index contributed by atoms with van der Waals surface area (Å²) < 4.78 is 0. The number of carboxylic acid groups (broad SMARTS) is 1. The van der Waals surface area contributed by atoms with E-state index in [9.17, 15) is 4.79 Å². The molecule has 1 unspecified atom stereocenters. The Morgan fingerprint density at radius 2 is 2.32 bits per heavy atom. The van der Waals surface area contributed by atoms with Crippen molar-refractivity contribution in [2.24, 2.45) is 0 Å². The van der Waals surface area contributed by atoms with Gasteiger partial charge < -0.3 is 10.4 Å². The number of aromatic carboxylic acids is 1. The fraction of sp³-hybridized carbons (Fsp3) is 0.308. The topological polar surface area (TPSA) is 75.1 Å². The van der Waals surface area contributed by atoms with Crippen LogP contribution in [0.1, 0.15) is 33.9 Å². The van der Waals surface area contributed by atoms with Crippen molar-refractivity contribution in [3.8, 4) is 0 Å². The van der Waals surface area contributed by atoms with Crippen LogP contribution in [0.15, 0.2) is 23.7 Å². The highest BCUT2D eigenvalue weighted by Gasteiger charge is 2.10. The molecule has 100 valence electrons. The van der Waals surface area contributed by atoms with Crippen LogP contribution in [0.4, 0.5) is 5.82 Å². The molecule has 0 bridgehead atoms. The van der Waals surface area contributed by atoms with Gasteiger partial charge in [-0.05, 0) is 19.1 Å². The molecule has 0 radical (unpaired) electrons. The highest BCUT2D eigenvalue weighted by Crippen LogP contribution is 2.18. The minimum absolute atomic E-state index is 0.247. The van der Waals surface area contributed by atoms with Crippen molar-refractivity contribution in [3.63, 3.8) is 0 Å². The number of carbonyl (C=O) groups is 1. The maximum atomic E-state index is 11.0. The second-order valence-electron chi connectivity index (χ2n) is 4.34. The van der Waals surface area contributed by atoms with Crippen molar-refractivity contribution in [3.05, 3.63) is 40.0 Å². The van der Waals surface area contributed by atoms with Crippen LogP contribution < -0.4 is 5.32 Å². The van der Waals surface area contributed by atoms with Crippen LogP contribution in [0.25, 0.3) is 0 Å². The lowest BCUT2D eigenvalue weighted by atomic mass is 10.2. The molecule has 0 saturated carbocycles. The van der Waals surface area contributed by atoms with E-state index in [4.69, 9.17) is 5.11 Å². The van der Waals surface area contributed by atoms with Gasteiger partial charge in [0.15, 0.2) is 0 Å². The van der Waals surface area contributed by atoms with Crippen LogP contribution in [0, 0.1) is 6.92 Å². The van der Waals surface area contributed by atoms with Crippen LogP contribution in [-0.4, -0.2) is 27.6 Å². The fourth-order valence-corrected chi connectivity index (χ4v) is 2.40. The number of nitrogens with zero attached hydrogens (tertiary/aromatic N) is 2. The van der Waals surface area contributed by atoms with Gasteiger partial charge in [-0.3, -0.25) is 0 Å². The molecule has 2 heterocycles. The van der Waals surface area contributed by atoms with E-state index in [0.717, 1.165) is 5.01 Å². The maximum absolute atomic E-state index is 11.0. The zero-order valence-electron chi connectivity index (χ0n) is 10.8. The van der Waals surface area contributed by atoms with Crippen molar-refractivity contribution < 1.29 is 9.90 Å². The molecule has 0 aliphatic carbocycles. The first kappa shape index (κ1) is 13.5. The third kappa shape index (κ3) is 3.51. The number of hydrogen-bond acceptors (Lipinski definition) is 5. The van der Waals surface area contributed by atoms with Crippen molar-refractivity contribution >= 4 is 23.1 Å². The molecule has 6 heteroatoms. The minimum Gasteiger partial charge on any atom is -0.478 e. The lowest BCUT2D eigenvalue weighted by molar-refractivity contribution is 0.0696.